The zero-order chi connectivity index (χ0) is 17.8. The van der Waals surface area contributed by atoms with Crippen molar-refractivity contribution < 1.29 is 13.5 Å². The first-order chi connectivity index (χ1) is 12.0. The van der Waals surface area contributed by atoms with E-state index in [9.17, 15) is 8.78 Å². The Morgan fingerprint density at radius 1 is 1.04 bits per heavy atom. The third kappa shape index (κ3) is 4.42. The van der Waals surface area contributed by atoms with Crippen molar-refractivity contribution in [2.45, 2.75) is 27.0 Å². The number of halogens is 2. The van der Waals surface area contributed by atoms with E-state index < -0.39 is 6.61 Å². The summed E-state index contributed by atoms with van der Waals surface area (Å²) in [4.78, 5) is 13.3. The molecule has 1 aliphatic rings. The van der Waals surface area contributed by atoms with Crippen LogP contribution in [0.5, 0.6) is 5.75 Å². The highest BCUT2D eigenvalue weighted by atomic mass is 19.3. The molecule has 0 saturated carbocycles. The van der Waals surface area contributed by atoms with Crippen molar-refractivity contribution in [2.75, 3.05) is 31.1 Å². The largest absolute Gasteiger partial charge is 0.435 e. The summed E-state index contributed by atoms with van der Waals surface area (Å²) in [5, 5.41) is 0. The number of aromatic nitrogens is 2. The smallest absolute Gasteiger partial charge is 0.387 e. The van der Waals surface area contributed by atoms with Gasteiger partial charge >= 0.3 is 6.61 Å². The number of ether oxygens (including phenoxy) is 1. The number of anilines is 1. The molecule has 0 atom stereocenters. The third-order valence-electron chi connectivity index (χ3n) is 4.54. The van der Waals surface area contributed by atoms with Crippen LogP contribution in [0.1, 0.15) is 16.8 Å². The molecule has 0 radical (unpaired) electrons. The maximum absolute atomic E-state index is 12.2. The molecule has 1 aromatic heterocycles. The summed E-state index contributed by atoms with van der Waals surface area (Å²) in [5.41, 5.74) is 3.23. The van der Waals surface area contributed by atoms with Crippen LogP contribution in [0.4, 0.5) is 14.6 Å². The second-order valence-electron chi connectivity index (χ2n) is 6.19. The molecular weight excluding hydrogens is 326 g/mol. The molecular formula is C18H22F2N4O. The first-order valence-corrected chi connectivity index (χ1v) is 8.32. The minimum atomic E-state index is -2.78. The third-order valence-corrected chi connectivity index (χ3v) is 4.54. The Balaban J connectivity index is 1.55. The van der Waals surface area contributed by atoms with Gasteiger partial charge in [-0.1, -0.05) is 12.1 Å². The number of aryl methyl sites for hydroxylation is 1. The van der Waals surface area contributed by atoms with Gasteiger partial charge in [-0.25, -0.2) is 9.97 Å². The van der Waals surface area contributed by atoms with E-state index >= 15 is 0 Å². The predicted molar refractivity (Wildman–Crippen MR) is 92.1 cm³/mol. The molecule has 0 amide bonds. The number of hydrogen-bond donors (Lipinski definition) is 0. The summed E-state index contributed by atoms with van der Waals surface area (Å²) in [6, 6.07) is 6.85. The lowest BCUT2D eigenvalue weighted by molar-refractivity contribution is -0.0498. The van der Waals surface area contributed by atoms with Gasteiger partial charge in [0.15, 0.2) is 0 Å². The fraction of sp³-hybridized carbons (Fsp3) is 0.444. The lowest BCUT2D eigenvalue weighted by Crippen LogP contribution is -2.46. The van der Waals surface area contributed by atoms with Crippen LogP contribution < -0.4 is 9.64 Å². The van der Waals surface area contributed by atoms with E-state index in [-0.39, 0.29) is 5.75 Å². The quantitative estimate of drug-likeness (QED) is 0.831. The molecule has 2 heterocycles. The number of nitrogens with zero attached hydrogens (tertiary/aromatic N) is 4. The first kappa shape index (κ1) is 17.5. The molecule has 2 aromatic rings. The summed E-state index contributed by atoms with van der Waals surface area (Å²) >= 11 is 0. The topological polar surface area (TPSA) is 41.5 Å². The molecule has 0 unspecified atom stereocenters. The van der Waals surface area contributed by atoms with Crippen LogP contribution in [-0.2, 0) is 6.54 Å². The zero-order valence-electron chi connectivity index (χ0n) is 14.5. The van der Waals surface area contributed by atoms with Gasteiger partial charge < -0.3 is 9.64 Å². The van der Waals surface area contributed by atoms with Crippen molar-refractivity contribution in [2.24, 2.45) is 0 Å². The Morgan fingerprint density at radius 2 is 1.72 bits per heavy atom. The second-order valence-corrected chi connectivity index (χ2v) is 6.19. The number of rotatable bonds is 5. The number of piperazine rings is 1. The number of benzene rings is 1. The first-order valence-electron chi connectivity index (χ1n) is 8.32. The monoisotopic (exact) mass is 348 g/mol. The van der Waals surface area contributed by atoms with Gasteiger partial charge in [0, 0.05) is 44.0 Å². The van der Waals surface area contributed by atoms with Gasteiger partial charge in [0.05, 0.1) is 0 Å². The molecule has 1 aromatic carbocycles. The highest BCUT2D eigenvalue weighted by Crippen LogP contribution is 2.21. The minimum Gasteiger partial charge on any atom is -0.435 e. The van der Waals surface area contributed by atoms with Crippen LogP contribution in [0.2, 0.25) is 0 Å². The van der Waals surface area contributed by atoms with E-state index in [0.29, 0.717) is 0 Å². The van der Waals surface area contributed by atoms with Crippen LogP contribution in [0.3, 0.4) is 0 Å². The van der Waals surface area contributed by atoms with Gasteiger partial charge in [0.25, 0.3) is 0 Å². The van der Waals surface area contributed by atoms with E-state index in [1.165, 1.54) is 0 Å². The maximum Gasteiger partial charge on any atom is 0.387 e. The highest BCUT2D eigenvalue weighted by molar-refractivity contribution is 5.47. The van der Waals surface area contributed by atoms with Crippen LogP contribution in [0.15, 0.2) is 30.6 Å². The minimum absolute atomic E-state index is 0.193. The summed E-state index contributed by atoms with van der Waals surface area (Å²) < 4.78 is 28.7. The summed E-state index contributed by atoms with van der Waals surface area (Å²) in [6.07, 6.45) is 1.62. The fourth-order valence-corrected chi connectivity index (χ4v) is 3.00. The van der Waals surface area contributed by atoms with Crippen LogP contribution >= 0.6 is 0 Å². The second kappa shape index (κ2) is 7.74. The standard InChI is InChI=1S/C18H22F2N4O/c1-13-14(2)21-12-22-17(13)24-9-7-23(8-10-24)11-15-3-5-16(6-4-15)25-18(19)20/h3-6,12,18H,7-11H2,1-2H3. The van der Waals surface area contributed by atoms with Gasteiger partial charge in [0.2, 0.25) is 0 Å². The molecule has 3 rings (SSSR count). The van der Waals surface area contributed by atoms with E-state index in [1.807, 2.05) is 19.1 Å². The van der Waals surface area contributed by atoms with E-state index in [1.54, 1.807) is 18.5 Å². The van der Waals surface area contributed by atoms with Crippen molar-refractivity contribution >= 4 is 5.82 Å². The molecule has 0 bridgehead atoms. The summed E-state index contributed by atoms with van der Waals surface area (Å²) in [5.74, 6) is 1.21. The van der Waals surface area contributed by atoms with Gasteiger partial charge in [-0.2, -0.15) is 8.78 Å². The predicted octanol–water partition coefficient (Wildman–Crippen LogP) is 3.02. The van der Waals surface area contributed by atoms with Gasteiger partial charge in [-0.3, -0.25) is 4.90 Å². The Morgan fingerprint density at radius 3 is 2.36 bits per heavy atom. The van der Waals surface area contributed by atoms with E-state index in [0.717, 1.165) is 55.4 Å². The Labute approximate surface area is 146 Å². The Hall–Kier alpha value is -2.28. The molecule has 5 nitrogen and oxygen atoms in total. The molecule has 1 aliphatic heterocycles. The van der Waals surface area contributed by atoms with Crippen molar-refractivity contribution in [1.29, 1.82) is 0 Å². The highest BCUT2D eigenvalue weighted by Gasteiger charge is 2.20. The number of hydrogen-bond acceptors (Lipinski definition) is 5. The average Bonchev–Trinajstić information content (AvgIpc) is 2.59. The molecule has 25 heavy (non-hydrogen) atoms. The van der Waals surface area contributed by atoms with Crippen molar-refractivity contribution in [1.82, 2.24) is 14.9 Å². The average molecular weight is 348 g/mol. The van der Waals surface area contributed by atoms with Gasteiger partial charge in [-0.05, 0) is 31.5 Å². The molecule has 1 fully saturated rings. The van der Waals surface area contributed by atoms with Crippen molar-refractivity contribution in [3.05, 3.63) is 47.4 Å². The van der Waals surface area contributed by atoms with Crippen LogP contribution in [-0.4, -0.2) is 47.7 Å². The summed E-state index contributed by atoms with van der Waals surface area (Å²) in [6.45, 7) is 5.74. The van der Waals surface area contributed by atoms with E-state index in [4.69, 9.17) is 0 Å². The van der Waals surface area contributed by atoms with Gasteiger partial charge in [-0.15, -0.1) is 0 Å². The van der Waals surface area contributed by atoms with E-state index in [2.05, 4.69) is 31.4 Å². The van der Waals surface area contributed by atoms with Crippen molar-refractivity contribution in [3.8, 4) is 5.75 Å². The summed E-state index contributed by atoms with van der Waals surface area (Å²) in [7, 11) is 0. The lowest BCUT2D eigenvalue weighted by Gasteiger charge is -2.36. The molecule has 0 N–H and O–H groups in total. The van der Waals surface area contributed by atoms with Gasteiger partial charge in [0.1, 0.15) is 17.9 Å². The number of alkyl halides is 2. The van der Waals surface area contributed by atoms with Crippen LogP contribution in [0, 0.1) is 13.8 Å². The van der Waals surface area contributed by atoms with Crippen molar-refractivity contribution in [3.63, 3.8) is 0 Å². The lowest BCUT2D eigenvalue weighted by atomic mass is 10.1. The fourth-order valence-electron chi connectivity index (χ4n) is 3.00. The molecule has 0 spiro atoms. The zero-order valence-corrected chi connectivity index (χ0v) is 14.5. The SMILES string of the molecule is Cc1ncnc(N2CCN(Cc3ccc(OC(F)F)cc3)CC2)c1C. The molecule has 1 saturated heterocycles. The molecule has 0 aliphatic carbocycles. The Bertz CT molecular complexity index is 701. The normalized spacial score (nSPS) is 15.6. The van der Waals surface area contributed by atoms with Crippen LogP contribution in [0.25, 0.3) is 0 Å². The molecule has 7 heteroatoms. The molecule has 134 valence electrons. The Kier molecular flexibility index (Phi) is 5.43. The maximum atomic E-state index is 12.2.